The van der Waals surface area contributed by atoms with Crippen LogP contribution in [0.3, 0.4) is 0 Å². The third-order valence-corrected chi connectivity index (χ3v) is 2.74. The van der Waals surface area contributed by atoms with Crippen molar-refractivity contribution in [2.45, 2.75) is 0 Å². The Hall–Kier alpha value is -2.16. The Balaban J connectivity index is 2.14. The molecule has 0 radical (unpaired) electrons. The molecule has 0 spiro atoms. The molecule has 84 valence electrons. The van der Waals surface area contributed by atoms with Crippen LogP contribution < -0.4 is 0 Å². The molecule has 0 aliphatic carbocycles. The van der Waals surface area contributed by atoms with Crippen LogP contribution in [0.25, 0.3) is 22.2 Å². The summed E-state index contributed by atoms with van der Waals surface area (Å²) in [4.78, 5) is 3.11. The van der Waals surface area contributed by atoms with E-state index in [1.54, 1.807) is 18.2 Å². The van der Waals surface area contributed by atoms with Crippen molar-refractivity contribution < 1.29 is 8.78 Å². The van der Waals surface area contributed by atoms with Gasteiger partial charge in [0.2, 0.25) is 0 Å². The smallest absolute Gasteiger partial charge is 0.125 e. The standard InChI is InChI=1S/C14H9F2N/c15-11-4-1-9(2-5-11)13-7-10-3-6-12(16)8-14(10)17-13/h1-8,17H. The van der Waals surface area contributed by atoms with Crippen LogP contribution in [0.2, 0.25) is 0 Å². The van der Waals surface area contributed by atoms with E-state index >= 15 is 0 Å². The molecule has 0 bridgehead atoms. The second kappa shape index (κ2) is 3.70. The lowest BCUT2D eigenvalue weighted by Gasteiger charge is -1.96. The predicted octanol–water partition coefficient (Wildman–Crippen LogP) is 4.11. The molecule has 1 nitrogen and oxygen atoms in total. The van der Waals surface area contributed by atoms with Crippen molar-refractivity contribution in [3.63, 3.8) is 0 Å². The predicted molar refractivity (Wildman–Crippen MR) is 63.7 cm³/mol. The van der Waals surface area contributed by atoms with Crippen LogP contribution in [0.5, 0.6) is 0 Å². The van der Waals surface area contributed by atoms with Gasteiger partial charge in [0, 0.05) is 16.6 Å². The van der Waals surface area contributed by atoms with Gasteiger partial charge in [0.15, 0.2) is 0 Å². The minimum absolute atomic E-state index is 0.268. The summed E-state index contributed by atoms with van der Waals surface area (Å²) in [5.41, 5.74) is 2.47. The molecule has 3 heteroatoms. The first-order chi connectivity index (χ1) is 8.22. The first-order valence-electron chi connectivity index (χ1n) is 5.26. The Labute approximate surface area is 96.7 Å². The van der Waals surface area contributed by atoms with Gasteiger partial charge in [-0.3, -0.25) is 0 Å². The fraction of sp³-hybridized carbons (Fsp3) is 0. The first kappa shape index (κ1) is 10.0. The molecule has 0 fully saturated rings. The molecule has 17 heavy (non-hydrogen) atoms. The van der Waals surface area contributed by atoms with Gasteiger partial charge in [-0.2, -0.15) is 0 Å². The third-order valence-electron chi connectivity index (χ3n) is 2.74. The van der Waals surface area contributed by atoms with Crippen LogP contribution in [-0.2, 0) is 0 Å². The second-order valence-corrected chi connectivity index (χ2v) is 3.92. The van der Waals surface area contributed by atoms with Crippen molar-refractivity contribution in [2.75, 3.05) is 0 Å². The molecule has 0 amide bonds. The number of benzene rings is 2. The van der Waals surface area contributed by atoms with Crippen LogP contribution in [0.1, 0.15) is 0 Å². The summed E-state index contributed by atoms with van der Waals surface area (Å²) >= 11 is 0. The lowest BCUT2D eigenvalue weighted by molar-refractivity contribution is 0.628. The Morgan fingerprint density at radius 2 is 1.47 bits per heavy atom. The van der Waals surface area contributed by atoms with Gasteiger partial charge in [0.05, 0.1) is 0 Å². The Morgan fingerprint density at radius 3 is 2.24 bits per heavy atom. The SMILES string of the molecule is Fc1ccc(-c2cc3ccc(F)cc3[nH]2)cc1. The van der Waals surface area contributed by atoms with Crippen LogP contribution in [0, 0.1) is 11.6 Å². The second-order valence-electron chi connectivity index (χ2n) is 3.92. The minimum atomic E-state index is -0.273. The Morgan fingerprint density at radius 1 is 0.765 bits per heavy atom. The lowest BCUT2D eigenvalue weighted by atomic mass is 10.1. The largest absolute Gasteiger partial charge is 0.354 e. The number of aromatic nitrogens is 1. The summed E-state index contributed by atoms with van der Waals surface area (Å²) in [5.74, 6) is -0.541. The van der Waals surface area contributed by atoms with Crippen molar-refractivity contribution in [2.24, 2.45) is 0 Å². The van der Waals surface area contributed by atoms with E-state index < -0.39 is 0 Å². The number of aromatic amines is 1. The number of fused-ring (bicyclic) bond motifs is 1. The monoisotopic (exact) mass is 229 g/mol. The van der Waals surface area contributed by atoms with Gasteiger partial charge in [-0.1, -0.05) is 0 Å². The number of halogens is 2. The van der Waals surface area contributed by atoms with Gasteiger partial charge >= 0.3 is 0 Å². The van der Waals surface area contributed by atoms with E-state index in [2.05, 4.69) is 4.98 Å². The molecule has 0 unspecified atom stereocenters. The van der Waals surface area contributed by atoms with Crippen molar-refractivity contribution in [3.05, 3.63) is 60.2 Å². The van der Waals surface area contributed by atoms with Crippen molar-refractivity contribution in [1.29, 1.82) is 0 Å². The molecule has 0 saturated carbocycles. The maximum atomic E-state index is 13.0. The van der Waals surface area contributed by atoms with Crippen LogP contribution in [-0.4, -0.2) is 4.98 Å². The Bertz CT molecular complexity index is 668. The zero-order valence-corrected chi connectivity index (χ0v) is 8.87. The van der Waals surface area contributed by atoms with Gasteiger partial charge in [-0.15, -0.1) is 0 Å². The van der Waals surface area contributed by atoms with E-state index in [0.29, 0.717) is 0 Å². The molecule has 3 rings (SSSR count). The molecule has 1 aromatic heterocycles. The van der Waals surface area contributed by atoms with Gasteiger partial charge in [-0.25, -0.2) is 8.78 Å². The maximum Gasteiger partial charge on any atom is 0.125 e. The topological polar surface area (TPSA) is 15.8 Å². The molecule has 0 saturated heterocycles. The number of H-pyrrole nitrogens is 1. The molecular formula is C14H9F2N. The Kier molecular flexibility index (Phi) is 2.18. The van der Waals surface area contributed by atoms with Crippen LogP contribution in [0.15, 0.2) is 48.5 Å². The molecule has 1 heterocycles. The third kappa shape index (κ3) is 1.80. The highest BCUT2D eigenvalue weighted by molar-refractivity contribution is 5.85. The molecule has 2 aromatic carbocycles. The summed E-state index contributed by atoms with van der Waals surface area (Å²) in [7, 11) is 0. The zero-order chi connectivity index (χ0) is 11.8. The van der Waals surface area contributed by atoms with Gasteiger partial charge in [0.1, 0.15) is 11.6 Å². The zero-order valence-electron chi connectivity index (χ0n) is 8.87. The average molecular weight is 229 g/mol. The average Bonchev–Trinajstić information content (AvgIpc) is 2.72. The summed E-state index contributed by atoms with van der Waals surface area (Å²) in [6, 6.07) is 12.7. The summed E-state index contributed by atoms with van der Waals surface area (Å²) in [6.07, 6.45) is 0. The molecule has 0 aliphatic rings. The van der Waals surface area contributed by atoms with Crippen molar-refractivity contribution in [1.82, 2.24) is 4.98 Å². The maximum absolute atomic E-state index is 13.0. The first-order valence-corrected chi connectivity index (χ1v) is 5.26. The quantitative estimate of drug-likeness (QED) is 0.646. The molecule has 0 aliphatic heterocycles. The molecule has 1 N–H and O–H groups in total. The van der Waals surface area contributed by atoms with E-state index in [0.717, 1.165) is 22.2 Å². The van der Waals surface area contributed by atoms with Crippen LogP contribution in [0.4, 0.5) is 8.78 Å². The summed E-state index contributed by atoms with van der Waals surface area (Å²) in [5, 5.41) is 0.936. The highest BCUT2D eigenvalue weighted by Crippen LogP contribution is 2.24. The van der Waals surface area contributed by atoms with Crippen molar-refractivity contribution >= 4 is 10.9 Å². The van der Waals surface area contributed by atoms with E-state index in [-0.39, 0.29) is 11.6 Å². The molecule has 3 aromatic rings. The molecular weight excluding hydrogens is 220 g/mol. The highest BCUT2D eigenvalue weighted by Gasteiger charge is 2.04. The minimum Gasteiger partial charge on any atom is -0.354 e. The summed E-state index contributed by atoms with van der Waals surface area (Å²) < 4.78 is 25.8. The molecule has 0 atom stereocenters. The van der Waals surface area contributed by atoms with E-state index in [4.69, 9.17) is 0 Å². The van der Waals surface area contributed by atoms with Gasteiger partial charge in [0.25, 0.3) is 0 Å². The lowest BCUT2D eigenvalue weighted by Crippen LogP contribution is -1.78. The van der Waals surface area contributed by atoms with Gasteiger partial charge in [-0.05, 0) is 54.1 Å². The normalized spacial score (nSPS) is 10.9. The number of rotatable bonds is 1. The van der Waals surface area contributed by atoms with E-state index in [1.165, 1.54) is 24.3 Å². The van der Waals surface area contributed by atoms with E-state index in [1.807, 2.05) is 6.07 Å². The fourth-order valence-electron chi connectivity index (χ4n) is 1.88. The highest BCUT2D eigenvalue weighted by atomic mass is 19.1. The van der Waals surface area contributed by atoms with E-state index in [9.17, 15) is 8.78 Å². The number of nitrogens with one attached hydrogen (secondary N) is 1. The fourth-order valence-corrected chi connectivity index (χ4v) is 1.88. The summed E-state index contributed by atoms with van der Waals surface area (Å²) in [6.45, 7) is 0. The van der Waals surface area contributed by atoms with Gasteiger partial charge < -0.3 is 4.98 Å². The van der Waals surface area contributed by atoms with Crippen molar-refractivity contribution in [3.8, 4) is 11.3 Å². The number of hydrogen-bond donors (Lipinski definition) is 1. The van der Waals surface area contributed by atoms with Crippen LogP contribution >= 0.6 is 0 Å². The number of hydrogen-bond acceptors (Lipinski definition) is 0.